The van der Waals surface area contributed by atoms with Gasteiger partial charge in [0.15, 0.2) is 0 Å². The highest BCUT2D eigenvalue weighted by atomic mass is 16.5. The van der Waals surface area contributed by atoms with Gasteiger partial charge in [0.25, 0.3) is 0 Å². The molecule has 1 saturated heterocycles. The average Bonchev–Trinajstić information content (AvgIpc) is 3.11. The number of aliphatic carboxylic acids is 1. The van der Waals surface area contributed by atoms with Crippen molar-refractivity contribution < 1.29 is 24.2 Å². The number of hydrogen-bond acceptors (Lipinski definition) is 4. The molecule has 174 valence electrons. The van der Waals surface area contributed by atoms with Crippen LogP contribution in [0.1, 0.15) is 50.2 Å². The van der Waals surface area contributed by atoms with E-state index in [-0.39, 0.29) is 30.9 Å². The number of alkyl carbamates (subject to hydrolysis) is 1. The number of nitrogens with one attached hydrogen (secondary N) is 1. The van der Waals surface area contributed by atoms with Gasteiger partial charge in [-0.05, 0) is 48.9 Å². The Hall–Kier alpha value is -3.35. The van der Waals surface area contributed by atoms with Crippen LogP contribution in [0.15, 0.2) is 48.5 Å². The highest BCUT2D eigenvalue weighted by Crippen LogP contribution is 2.44. The van der Waals surface area contributed by atoms with Gasteiger partial charge >= 0.3 is 12.1 Å². The van der Waals surface area contributed by atoms with Crippen molar-refractivity contribution in [2.75, 3.05) is 13.2 Å². The molecule has 3 atom stereocenters. The minimum atomic E-state index is -0.806. The lowest BCUT2D eigenvalue weighted by Gasteiger charge is -2.36. The number of piperidine rings is 1. The first-order chi connectivity index (χ1) is 15.8. The van der Waals surface area contributed by atoms with Gasteiger partial charge < -0.3 is 20.1 Å². The quantitative estimate of drug-likeness (QED) is 0.693. The molecule has 0 bridgehead atoms. The summed E-state index contributed by atoms with van der Waals surface area (Å²) in [5.41, 5.74) is 4.63. The summed E-state index contributed by atoms with van der Waals surface area (Å²) in [6.07, 6.45) is 0.510. The van der Waals surface area contributed by atoms with Gasteiger partial charge in [0, 0.05) is 31.0 Å². The molecule has 0 aromatic heterocycles. The second kappa shape index (κ2) is 9.65. The first kappa shape index (κ1) is 22.8. The number of likely N-dealkylation sites (tertiary alicyclic amines) is 1. The molecule has 0 radical (unpaired) electrons. The molecule has 1 aliphatic carbocycles. The van der Waals surface area contributed by atoms with Crippen LogP contribution in [0.2, 0.25) is 0 Å². The van der Waals surface area contributed by atoms with E-state index < -0.39 is 24.0 Å². The predicted molar refractivity (Wildman–Crippen MR) is 124 cm³/mol. The molecule has 2 aromatic rings. The normalized spacial score (nSPS) is 20.5. The van der Waals surface area contributed by atoms with Crippen LogP contribution in [0.4, 0.5) is 4.79 Å². The van der Waals surface area contributed by atoms with Crippen LogP contribution in [0.3, 0.4) is 0 Å². The number of nitrogens with zero attached hydrogens (tertiary/aromatic N) is 1. The maximum Gasteiger partial charge on any atom is 0.407 e. The zero-order chi connectivity index (χ0) is 23.5. The summed E-state index contributed by atoms with van der Waals surface area (Å²) < 4.78 is 5.56. The van der Waals surface area contributed by atoms with Gasteiger partial charge in [0.2, 0.25) is 5.91 Å². The molecule has 0 saturated carbocycles. The zero-order valence-corrected chi connectivity index (χ0v) is 19.0. The Kier molecular flexibility index (Phi) is 6.67. The summed E-state index contributed by atoms with van der Waals surface area (Å²) in [6.45, 7) is 4.29. The van der Waals surface area contributed by atoms with E-state index >= 15 is 0 Å². The summed E-state index contributed by atoms with van der Waals surface area (Å²) in [4.78, 5) is 38.1. The highest BCUT2D eigenvalue weighted by Gasteiger charge is 2.33. The maximum atomic E-state index is 12.7. The van der Waals surface area contributed by atoms with Gasteiger partial charge in [-0.2, -0.15) is 0 Å². The Bertz CT molecular complexity index is 1010. The third kappa shape index (κ3) is 4.87. The number of benzene rings is 2. The topological polar surface area (TPSA) is 95.9 Å². The van der Waals surface area contributed by atoms with E-state index in [9.17, 15) is 19.5 Å². The van der Waals surface area contributed by atoms with Crippen molar-refractivity contribution in [1.82, 2.24) is 10.2 Å². The van der Waals surface area contributed by atoms with Crippen molar-refractivity contribution in [2.45, 2.75) is 51.1 Å². The molecule has 2 amide bonds. The number of fused-ring (bicyclic) bond motifs is 3. The highest BCUT2D eigenvalue weighted by molar-refractivity contribution is 5.80. The van der Waals surface area contributed by atoms with E-state index in [1.165, 1.54) is 11.1 Å². The van der Waals surface area contributed by atoms with Crippen molar-refractivity contribution in [3.8, 4) is 11.1 Å². The summed E-state index contributed by atoms with van der Waals surface area (Å²) in [6, 6.07) is 15.8. The van der Waals surface area contributed by atoms with Crippen LogP contribution in [0.5, 0.6) is 0 Å². The molecule has 3 unspecified atom stereocenters. The number of carboxylic acid groups (broad SMARTS) is 1. The number of carboxylic acids is 1. The van der Waals surface area contributed by atoms with E-state index in [1.54, 1.807) is 11.8 Å². The third-order valence-electron chi connectivity index (χ3n) is 6.73. The molecule has 1 fully saturated rings. The maximum absolute atomic E-state index is 12.7. The molecule has 2 N–H and O–H groups in total. The number of carbonyl (C=O) groups is 3. The van der Waals surface area contributed by atoms with Crippen molar-refractivity contribution in [2.24, 2.45) is 5.92 Å². The first-order valence-electron chi connectivity index (χ1n) is 11.5. The summed E-state index contributed by atoms with van der Waals surface area (Å²) in [7, 11) is 0. The van der Waals surface area contributed by atoms with Gasteiger partial charge in [-0.1, -0.05) is 48.5 Å². The fourth-order valence-corrected chi connectivity index (χ4v) is 5.04. The first-order valence-corrected chi connectivity index (χ1v) is 11.5. The van der Waals surface area contributed by atoms with Crippen LogP contribution < -0.4 is 5.32 Å². The average molecular weight is 451 g/mol. The van der Waals surface area contributed by atoms with Crippen molar-refractivity contribution in [3.05, 3.63) is 59.7 Å². The standard InChI is InChI=1S/C26H30N2O5/c1-16(13-24(29)28-12-11-18(25(30)31)14-17(28)2)27-26(32)33-15-23-21-9-5-3-7-19(21)20-8-4-6-10-22(20)23/h3-10,16-18,23H,11-15H2,1-2H3,(H,27,32)(H,30,31). The minimum absolute atomic E-state index is 0.0172. The minimum Gasteiger partial charge on any atom is -0.481 e. The number of rotatable bonds is 6. The van der Waals surface area contributed by atoms with Crippen LogP contribution >= 0.6 is 0 Å². The van der Waals surface area contributed by atoms with Gasteiger partial charge in [-0.25, -0.2) is 4.79 Å². The van der Waals surface area contributed by atoms with E-state index in [2.05, 4.69) is 29.6 Å². The monoisotopic (exact) mass is 450 g/mol. The fourth-order valence-electron chi connectivity index (χ4n) is 5.04. The molecule has 4 rings (SSSR count). The van der Waals surface area contributed by atoms with Crippen LogP contribution in [-0.2, 0) is 14.3 Å². The summed E-state index contributed by atoms with van der Waals surface area (Å²) >= 11 is 0. The zero-order valence-electron chi connectivity index (χ0n) is 19.0. The SMILES string of the molecule is CC(CC(=O)N1CCC(C(=O)O)CC1C)NC(=O)OCC1c2ccccc2-c2ccccc21. The predicted octanol–water partition coefficient (Wildman–Crippen LogP) is 4.02. The number of ether oxygens (including phenoxy) is 1. The Morgan fingerprint density at radius 3 is 2.27 bits per heavy atom. The molecule has 1 heterocycles. The molecule has 1 aliphatic heterocycles. The molecule has 33 heavy (non-hydrogen) atoms. The van der Waals surface area contributed by atoms with Gasteiger partial charge in [0.05, 0.1) is 5.92 Å². The lowest BCUT2D eigenvalue weighted by atomic mass is 9.91. The summed E-state index contributed by atoms with van der Waals surface area (Å²) in [5, 5.41) is 12.0. The van der Waals surface area contributed by atoms with Gasteiger partial charge in [0.1, 0.15) is 6.61 Å². The molecule has 2 aliphatic rings. The van der Waals surface area contributed by atoms with Crippen LogP contribution in [0, 0.1) is 5.92 Å². The molecular formula is C26H30N2O5. The van der Waals surface area contributed by atoms with Crippen molar-refractivity contribution in [1.29, 1.82) is 0 Å². The second-order valence-corrected chi connectivity index (χ2v) is 9.07. The molecule has 0 spiro atoms. The third-order valence-corrected chi connectivity index (χ3v) is 6.73. The smallest absolute Gasteiger partial charge is 0.407 e. The Morgan fingerprint density at radius 2 is 1.70 bits per heavy atom. The lowest BCUT2D eigenvalue weighted by Crippen LogP contribution is -2.48. The lowest BCUT2D eigenvalue weighted by molar-refractivity contribution is -0.147. The van der Waals surface area contributed by atoms with Crippen LogP contribution in [0.25, 0.3) is 11.1 Å². The Morgan fingerprint density at radius 1 is 1.09 bits per heavy atom. The molecule has 7 heteroatoms. The van der Waals surface area contributed by atoms with E-state index in [0.717, 1.165) is 11.1 Å². The number of carbonyl (C=O) groups excluding carboxylic acids is 2. The fraction of sp³-hybridized carbons (Fsp3) is 0.423. The number of amides is 2. The Labute approximate surface area is 193 Å². The van der Waals surface area contributed by atoms with E-state index in [0.29, 0.717) is 19.4 Å². The largest absolute Gasteiger partial charge is 0.481 e. The van der Waals surface area contributed by atoms with Crippen LogP contribution in [-0.4, -0.2) is 53.2 Å². The van der Waals surface area contributed by atoms with Gasteiger partial charge in [-0.15, -0.1) is 0 Å². The molecular weight excluding hydrogens is 420 g/mol. The van der Waals surface area contributed by atoms with Crippen molar-refractivity contribution >= 4 is 18.0 Å². The van der Waals surface area contributed by atoms with E-state index in [4.69, 9.17) is 4.74 Å². The second-order valence-electron chi connectivity index (χ2n) is 9.07. The van der Waals surface area contributed by atoms with Gasteiger partial charge in [-0.3, -0.25) is 9.59 Å². The van der Waals surface area contributed by atoms with Crippen molar-refractivity contribution in [3.63, 3.8) is 0 Å². The van der Waals surface area contributed by atoms with E-state index in [1.807, 2.05) is 31.2 Å². The summed E-state index contributed by atoms with van der Waals surface area (Å²) in [5.74, 6) is -1.31. The molecule has 2 aromatic carbocycles. The Balaban J connectivity index is 1.29. The molecule has 7 nitrogen and oxygen atoms in total. The number of hydrogen-bond donors (Lipinski definition) is 2.